The molecule has 0 atom stereocenters. The van der Waals surface area contributed by atoms with Gasteiger partial charge in [0.15, 0.2) is 0 Å². The van der Waals surface area contributed by atoms with Crippen molar-refractivity contribution >= 4 is 5.91 Å². The van der Waals surface area contributed by atoms with Crippen LogP contribution < -0.4 is 0 Å². The predicted molar refractivity (Wildman–Crippen MR) is 63.2 cm³/mol. The first-order valence-electron chi connectivity index (χ1n) is 6.15. The molecule has 1 amide bonds. The van der Waals surface area contributed by atoms with Crippen molar-refractivity contribution in [1.29, 1.82) is 0 Å². The molecular weight excluding hydrogens is 219 g/mol. The Morgan fingerprint density at radius 3 is 2.82 bits per heavy atom. The Hall–Kier alpha value is -1.45. The van der Waals surface area contributed by atoms with Crippen molar-refractivity contribution in [3.63, 3.8) is 0 Å². The fourth-order valence-electron chi connectivity index (χ4n) is 1.83. The maximum absolute atomic E-state index is 12.7. The Bertz CT molecular complexity index is 387. The maximum atomic E-state index is 12.7. The molecular formula is C13H17FN2O. The molecule has 1 aliphatic rings. The molecule has 0 bridgehead atoms. The Labute approximate surface area is 101 Å². The van der Waals surface area contributed by atoms with Crippen LogP contribution >= 0.6 is 0 Å². The second-order valence-corrected chi connectivity index (χ2v) is 4.45. The molecule has 0 N–H and O–H groups in total. The van der Waals surface area contributed by atoms with Crippen molar-refractivity contribution in [3.05, 3.63) is 29.8 Å². The van der Waals surface area contributed by atoms with Gasteiger partial charge in [-0.05, 0) is 31.4 Å². The SMILES string of the molecule is CCCCN(C(=O)c1ccc(F)nc1)C1CC1. The Kier molecular flexibility index (Phi) is 3.71. The summed E-state index contributed by atoms with van der Waals surface area (Å²) in [5, 5.41) is 0. The Balaban J connectivity index is 2.07. The van der Waals surface area contributed by atoms with Crippen LogP contribution in [0.15, 0.2) is 18.3 Å². The minimum Gasteiger partial charge on any atom is -0.336 e. The number of amides is 1. The third-order valence-corrected chi connectivity index (χ3v) is 2.98. The minimum atomic E-state index is -0.548. The molecule has 0 unspecified atom stereocenters. The van der Waals surface area contributed by atoms with Crippen LogP contribution in [0.5, 0.6) is 0 Å². The van der Waals surface area contributed by atoms with Gasteiger partial charge in [-0.3, -0.25) is 4.79 Å². The van der Waals surface area contributed by atoms with E-state index in [1.54, 1.807) is 0 Å². The van der Waals surface area contributed by atoms with Crippen molar-refractivity contribution in [3.8, 4) is 0 Å². The van der Waals surface area contributed by atoms with E-state index < -0.39 is 5.95 Å². The zero-order valence-corrected chi connectivity index (χ0v) is 10.0. The molecule has 1 heterocycles. The molecule has 1 aliphatic carbocycles. The third-order valence-electron chi connectivity index (χ3n) is 2.98. The Morgan fingerprint density at radius 2 is 2.29 bits per heavy atom. The van der Waals surface area contributed by atoms with Gasteiger partial charge in [0.2, 0.25) is 5.95 Å². The van der Waals surface area contributed by atoms with Gasteiger partial charge in [-0.15, -0.1) is 0 Å². The van der Waals surface area contributed by atoms with E-state index in [-0.39, 0.29) is 5.91 Å². The van der Waals surface area contributed by atoms with Crippen molar-refractivity contribution in [2.45, 2.75) is 38.6 Å². The molecule has 1 fully saturated rings. The van der Waals surface area contributed by atoms with E-state index in [9.17, 15) is 9.18 Å². The van der Waals surface area contributed by atoms with Crippen LogP contribution in [0.1, 0.15) is 43.0 Å². The number of nitrogens with zero attached hydrogens (tertiary/aromatic N) is 2. The van der Waals surface area contributed by atoms with Crippen LogP contribution in [0.2, 0.25) is 0 Å². The van der Waals surface area contributed by atoms with Crippen LogP contribution in [0, 0.1) is 5.95 Å². The van der Waals surface area contributed by atoms with Gasteiger partial charge in [-0.1, -0.05) is 13.3 Å². The lowest BCUT2D eigenvalue weighted by atomic mass is 10.2. The highest BCUT2D eigenvalue weighted by Gasteiger charge is 2.32. The van der Waals surface area contributed by atoms with Crippen LogP contribution in [-0.2, 0) is 0 Å². The summed E-state index contributed by atoms with van der Waals surface area (Å²) >= 11 is 0. The molecule has 4 heteroatoms. The van der Waals surface area contributed by atoms with E-state index in [0.717, 1.165) is 32.2 Å². The quantitative estimate of drug-likeness (QED) is 0.736. The average Bonchev–Trinajstić information content (AvgIpc) is 3.14. The summed E-state index contributed by atoms with van der Waals surface area (Å²) in [5.41, 5.74) is 0.481. The minimum absolute atomic E-state index is 0.0200. The van der Waals surface area contributed by atoms with Crippen LogP contribution in [0.4, 0.5) is 4.39 Å². The van der Waals surface area contributed by atoms with Gasteiger partial charge >= 0.3 is 0 Å². The topological polar surface area (TPSA) is 33.2 Å². The number of rotatable bonds is 5. The molecule has 1 aromatic rings. The highest BCUT2D eigenvalue weighted by atomic mass is 19.1. The van der Waals surface area contributed by atoms with Gasteiger partial charge in [-0.25, -0.2) is 4.98 Å². The van der Waals surface area contributed by atoms with Crippen molar-refractivity contribution < 1.29 is 9.18 Å². The molecule has 0 saturated heterocycles. The Morgan fingerprint density at radius 1 is 1.53 bits per heavy atom. The van der Waals surface area contributed by atoms with E-state index in [4.69, 9.17) is 0 Å². The normalized spacial score (nSPS) is 14.7. The summed E-state index contributed by atoms with van der Waals surface area (Å²) in [6, 6.07) is 3.13. The van der Waals surface area contributed by atoms with Crippen molar-refractivity contribution in [1.82, 2.24) is 9.88 Å². The zero-order valence-electron chi connectivity index (χ0n) is 10.0. The van der Waals surface area contributed by atoms with Crippen LogP contribution in [0.3, 0.4) is 0 Å². The number of carbonyl (C=O) groups is 1. The third kappa shape index (κ3) is 3.02. The lowest BCUT2D eigenvalue weighted by molar-refractivity contribution is 0.0740. The van der Waals surface area contributed by atoms with E-state index in [0.29, 0.717) is 11.6 Å². The molecule has 0 aromatic carbocycles. The van der Waals surface area contributed by atoms with Gasteiger partial charge in [0.1, 0.15) is 0 Å². The van der Waals surface area contributed by atoms with Crippen molar-refractivity contribution in [2.24, 2.45) is 0 Å². The lowest BCUT2D eigenvalue weighted by Crippen LogP contribution is -2.34. The summed E-state index contributed by atoms with van der Waals surface area (Å²) in [6.07, 6.45) is 5.57. The number of carbonyl (C=O) groups excluding carboxylic acids is 1. The summed E-state index contributed by atoms with van der Waals surface area (Å²) in [5.74, 6) is -0.568. The highest BCUT2D eigenvalue weighted by molar-refractivity contribution is 5.94. The number of pyridine rings is 1. The van der Waals surface area contributed by atoms with Gasteiger partial charge < -0.3 is 4.90 Å². The van der Waals surface area contributed by atoms with Crippen molar-refractivity contribution in [2.75, 3.05) is 6.54 Å². The number of aromatic nitrogens is 1. The monoisotopic (exact) mass is 236 g/mol. The molecule has 0 aliphatic heterocycles. The number of hydrogen-bond acceptors (Lipinski definition) is 2. The highest BCUT2D eigenvalue weighted by Crippen LogP contribution is 2.28. The summed E-state index contributed by atoms with van der Waals surface area (Å²) < 4.78 is 12.7. The summed E-state index contributed by atoms with van der Waals surface area (Å²) in [6.45, 7) is 2.90. The van der Waals surface area contributed by atoms with Gasteiger partial charge in [0.25, 0.3) is 5.91 Å². The second kappa shape index (κ2) is 5.25. The molecule has 2 rings (SSSR count). The summed E-state index contributed by atoms with van der Waals surface area (Å²) in [4.78, 5) is 17.6. The molecule has 1 aromatic heterocycles. The maximum Gasteiger partial charge on any atom is 0.255 e. The standard InChI is InChI=1S/C13H17FN2O/c1-2-3-8-16(11-5-6-11)13(17)10-4-7-12(14)15-9-10/h4,7,9,11H,2-3,5-6,8H2,1H3. The molecule has 0 spiro atoms. The largest absolute Gasteiger partial charge is 0.336 e. The number of hydrogen-bond donors (Lipinski definition) is 0. The first kappa shape index (κ1) is 12.0. The number of halogens is 1. The second-order valence-electron chi connectivity index (χ2n) is 4.45. The molecule has 0 radical (unpaired) electrons. The van der Waals surface area contributed by atoms with E-state index in [2.05, 4.69) is 11.9 Å². The van der Waals surface area contributed by atoms with Gasteiger partial charge in [-0.2, -0.15) is 4.39 Å². The summed E-state index contributed by atoms with van der Waals surface area (Å²) in [7, 11) is 0. The molecule has 17 heavy (non-hydrogen) atoms. The fourth-order valence-corrected chi connectivity index (χ4v) is 1.83. The van der Waals surface area contributed by atoms with Crippen LogP contribution in [0.25, 0.3) is 0 Å². The van der Waals surface area contributed by atoms with E-state index >= 15 is 0 Å². The first-order valence-corrected chi connectivity index (χ1v) is 6.15. The average molecular weight is 236 g/mol. The first-order chi connectivity index (χ1) is 8.22. The molecule has 3 nitrogen and oxygen atoms in total. The lowest BCUT2D eigenvalue weighted by Gasteiger charge is -2.22. The number of unbranched alkanes of at least 4 members (excludes halogenated alkanes) is 1. The molecule has 92 valence electrons. The van der Waals surface area contributed by atoms with Crippen LogP contribution in [-0.4, -0.2) is 28.4 Å². The molecule has 1 saturated carbocycles. The van der Waals surface area contributed by atoms with Gasteiger partial charge in [0.05, 0.1) is 5.56 Å². The van der Waals surface area contributed by atoms with E-state index in [1.165, 1.54) is 18.3 Å². The smallest absolute Gasteiger partial charge is 0.255 e. The fraction of sp³-hybridized carbons (Fsp3) is 0.538. The van der Waals surface area contributed by atoms with Gasteiger partial charge in [0, 0.05) is 18.8 Å². The predicted octanol–water partition coefficient (Wildman–Crippen LogP) is 2.63. The zero-order chi connectivity index (χ0) is 12.3. The van der Waals surface area contributed by atoms with E-state index in [1.807, 2.05) is 4.90 Å².